The van der Waals surface area contributed by atoms with Crippen molar-refractivity contribution in [2.45, 2.75) is 11.8 Å². The molecule has 0 saturated carbocycles. The summed E-state index contributed by atoms with van der Waals surface area (Å²) in [6, 6.07) is 8.13. The molecule has 84 valence electrons. The van der Waals surface area contributed by atoms with Crippen LogP contribution >= 0.6 is 11.8 Å². The molecule has 0 radical (unpaired) electrons. The van der Waals surface area contributed by atoms with Crippen LogP contribution in [0, 0.1) is 6.92 Å². The number of aromatic amines is 1. The Bertz CT molecular complexity index is 475. The second kappa shape index (κ2) is 4.49. The highest BCUT2D eigenvalue weighted by molar-refractivity contribution is 7.98. The van der Waals surface area contributed by atoms with Gasteiger partial charge in [0.05, 0.1) is 0 Å². The molecule has 2 rings (SSSR count). The second-order valence-corrected chi connectivity index (χ2v) is 4.32. The first kappa shape index (κ1) is 10.9. The fourth-order valence-electron chi connectivity index (χ4n) is 1.42. The molecule has 1 aromatic carbocycles. The summed E-state index contributed by atoms with van der Waals surface area (Å²) < 4.78 is 0. The number of benzene rings is 1. The molecule has 0 aliphatic carbocycles. The first-order valence-electron chi connectivity index (χ1n) is 4.92. The monoisotopic (exact) mass is 234 g/mol. The van der Waals surface area contributed by atoms with Gasteiger partial charge in [0, 0.05) is 10.6 Å². The number of anilines is 3. The normalized spacial score (nSPS) is 10.4. The van der Waals surface area contributed by atoms with Crippen molar-refractivity contribution < 1.29 is 0 Å². The minimum atomic E-state index is 0.562. The van der Waals surface area contributed by atoms with E-state index < -0.39 is 0 Å². The van der Waals surface area contributed by atoms with Gasteiger partial charge in [-0.2, -0.15) is 0 Å². The van der Waals surface area contributed by atoms with E-state index in [-0.39, 0.29) is 0 Å². The Labute approximate surface area is 98.7 Å². The third kappa shape index (κ3) is 2.30. The summed E-state index contributed by atoms with van der Waals surface area (Å²) in [5.41, 5.74) is 6.74. The van der Waals surface area contributed by atoms with Crippen LogP contribution in [0.3, 0.4) is 0 Å². The number of aryl methyl sites for hydroxylation is 1. The molecule has 0 fully saturated rings. The third-order valence-corrected chi connectivity index (χ3v) is 2.95. The molecule has 0 aliphatic heterocycles. The van der Waals surface area contributed by atoms with Gasteiger partial charge >= 0.3 is 0 Å². The van der Waals surface area contributed by atoms with E-state index in [1.165, 1.54) is 4.90 Å². The molecule has 4 N–H and O–H groups in total. The van der Waals surface area contributed by atoms with Gasteiger partial charge in [0.2, 0.25) is 0 Å². The number of imidazole rings is 1. The molecule has 2 aromatic rings. The van der Waals surface area contributed by atoms with Crippen molar-refractivity contribution in [3.8, 4) is 0 Å². The maximum absolute atomic E-state index is 5.76. The zero-order chi connectivity index (χ0) is 11.5. The van der Waals surface area contributed by atoms with E-state index in [1.54, 1.807) is 11.8 Å². The molecule has 0 spiro atoms. The molecule has 0 aliphatic rings. The smallest absolute Gasteiger partial charge is 0.173 e. The van der Waals surface area contributed by atoms with Gasteiger partial charge in [-0.25, -0.2) is 4.98 Å². The molecular formula is C11H14N4S. The molecule has 4 nitrogen and oxygen atoms in total. The zero-order valence-electron chi connectivity index (χ0n) is 9.24. The number of aromatic nitrogens is 2. The quantitative estimate of drug-likeness (QED) is 0.714. The summed E-state index contributed by atoms with van der Waals surface area (Å²) in [5.74, 6) is 2.04. The first-order valence-corrected chi connectivity index (χ1v) is 6.14. The lowest BCUT2D eigenvalue weighted by atomic mass is 10.3. The SMILES string of the molecule is CSc1ccc(Nc2nc(C)[nH]c2N)cc1. The number of nitrogen functional groups attached to an aromatic ring is 1. The summed E-state index contributed by atoms with van der Waals surface area (Å²) in [4.78, 5) is 8.43. The zero-order valence-corrected chi connectivity index (χ0v) is 10.1. The highest BCUT2D eigenvalue weighted by atomic mass is 32.2. The fraction of sp³-hybridized carbons (Fsp3) is 0.182. The largest absolute Gasteiger partial charge is 0.382 e. The van der Waals surface area contributed by atoms with E-state index in [0.717, 1.165) is 11.5 Å². The number of hydrogen-bond acceptors (Lipinski definition) is 4. The third-order valence-electron chi connectivity index (χ3n) is 2.20. The second-order valence-electron chi connectivity index (χ2n) is 3.44. The maximum atomic E-state index is 5.76. The number of nitrogens with two attached hydrogens (primary N) is 1. The predicted molar refractivity (Wildman–Crippen MR) is 69.2 cm³/mol. The molecule has 0 unspecified atom stereocenters. The topological polar surface area (TPSA) is 66.7 Å². The van der Waals surface area contributed by atoms with E-state index in [2.05, 4.69) is 33.7 Å². The average Bonchev–Trinajstić information content (AvgIpc) is 2.59. The van der Waals surface area contributed by atoms with Crippen molar-refractivity contribution in [3.63, 3.8) is 0 Å². The lowest BCUT2D eigenvalue weighted by molar-refractivity contribution is 1.15. The Morgan fingerprint density at radius 2 is 2.00 bits per heavy atom. The van der Waals surface area contributed by atoms with E-state index in [4.69, 9.17) is 5.73 Å². The van der Waals surface area contributed by atoms with Crippen LogP contribution in [0.5, 0.6) is 0 Å². The van der Waals surface area contributed by atoms with Crippen molar-refractivity contribution in [1.82, 2.24) is 9.97 Å². The van der Waals surface area contributed by atoms with Crippen LogP contribution in [0.15, 0.2) is 29.2 Å². The Balaban J connectivity index is 2.17. The molecule has 1 heterocycles. The number of nitrogens with zero attached hydrogens (tertiary/aromatic N) is 1. The molecule has 0 saturated heterocycles. The van der Waals surface area contributed by atoms with Gasteiger partial charge in [-0.1, -0.05) is 0 Å². The molecule has 16 heavy (non-hydrogen) atoms. The van der Waals surface area contributed by atoms with Crippen LogP contribution < -0.4 is 11.1 Å². The van der Waals surface area contributed by atoms with Gasteiger partial charge in [-0.15, -0.1) is 11.8 Å². The Kier molecular flexibility index (Phi) is 3.05. The Hall–Kier alpha value is -1.62. The van der Waals surface area contributed by atoms with Crippen molar-refractivity contribution >= 4 is 29.1 Å². The Morgan fingerprint density at radius 3 is 2.50 bits per heavy atom. The van der Waals surface area contributed by atoms with Gasteiger partial charge in [-0.05, 0) is 37.4 Å². The molecule has 0 amide bonds. The average molecular weight is 234 g/mol. The van der Waals surface area contributed by atoms with Crippen molar-refractivity contribution in [3.05, 3.63) is 30.1 Å². The van der Waals surface area contributed by atoms with Crippen molar-refractivity contribution in [2.24, 2.45) is 0 Å². The van der Waals surface area contributed by atoms with E-state index in [9.17, 15) is 0 Å². The predicted octanol–water partition coefficient (Wildman–Crippen LogP) is 2.77. The van der Waals surface area contributed by atoms with E-state index in [1.807, 2.05) is 19.1 Å². The van der Waals surface area contributed by atoms with Crippen LogP contribution in [-0.2, 0) is 0 Å². The van der Waals surface area contributed by atoms with E-state index >= 15 is 0 Å². The minimum absolute atomic E-state index is 0.562. The highest BCUT2D eigenvalue weighted by Gasteiger charge is 2.04. The van der Waals surface area contributed by atoms with Gasteiger partial charge in [0.15, 0.2) is 5.82 Å². The number of thioether (sulfide) groups is 1. The molecule has 1 aromatic heterocycles. The first-order chi connectivity index (χ1) is 7.69. The van der Waals surface area contributed by atoms with Gasteiger partial charge < -0.3 is 16.0 Å². The highest BCUT2D eigenvalue weighted by Crippen LogP contribution is 2.22. The van der Waals surface area contributed by atoms with Gasteiger partial charge in [0.25, 0.3) is 0 Å². The molecular weight excluding hydrogens is 220 g/mol. The summed E-state index contributed by atoms with van der Waals surface area (Å²) in [6.07, 6.45) is 2.05. The minimum Gasteiger partial charge on any atom is -0.382 e. The van der Waals surface area contributed by atoms with Gasteiger partial charge in [-0.3, -0.25) is 0 Å². The summed E-state index contributed by atoms with van der Waals surface area (Å²) in [5, 5.41) is 3.17. The summed E-state index contributed by atoms with van der Waals surface area (Å²) in [6.45, 7) is 1.87. The number of hydrogen-bond donors (Lipinski definition) is 3. The summed E-state index contributed by atoms with van der Waals surface area (Å²) in [7, 11) is 0. The van der Waals surface area contributed by atoms with Crippen LogP contribution in [0.4, 0.5) is 17.3 Å². The van der Waals surface area contributed by atoms with Crippen LogP contribution in [-0.4, -0.2) is 16.2 Å². The molecule has 0 atom stereocenters. The lowest BCUT2D eigenvalue weighted by Gasteiger charge is -2.04. The maximum Gasteiger partial charge on any atom is 0.173 e. The number of H-pyrrole nitrogens is 1. The molecule has 5 heteroatoms. The van der Waals surface area contributed by atoms with Crippen LogP contribution in [0.25, 0.3) is 0 Å². The number of nitrogens with one attached hydrogen (secondary N) is 2. The van der Waals surface area contributed by atoms with E-state index in [0.29, 0.717) is 11.6 Å². The number of rotatable bonds is 3. The standard InChI is InChI=1S/C11H14N4S/c1-7-13-10(12)11(14-7)15-8-3-5-9(16-2)6-4-8/h3-6,15H,12H2,1-2H3,(H,13,14). The van der Waals surface area contributed by atoms with Crippen LogP contribution in [0.1, 0.15) is 5.82 Å². The van der Waals surface area contributed by atoms with Gasteiger partial charge in [0.1, 0.15) is 11.6 Å². The molecule has 0 bridgehead atoms. The van der Waals surface area contributed by atoms with Crippen molar-refractivity contribution in [1.29, 1.82) is 0 Å². The lowest BCUT2D eigenvalue weighted by Crippen LogP contribution is -1.95. The fourth-order valence-corrected chi connectivity index (χ4v) is 1.82. The summed E-state index contributed by atoms with van der Waals surface area (Å²) >= 11 is 1.72. The Morgan fingerprint density at radius 1 is 1.31 bits per heavy atom. The van der Waals surface area contributed by atoms with Crippen molar-refractivity contribution in [2.75, 3.05) is 17.3 Å². The van der Waals surface area contributed by atoms with Crippen LogP contribution in [0.2, 0.25) is 0 Å².